The predicted molar refractivity (Wildman–Crippen MR) is 86.7 cm³/mol. The molecule has 0 saturated heterocycles. The Balaban J connectivity index is 2.15. The number of aromatic nitrogens is 2. The van der Waals surface area contributed by atoms with Gasteiger partial charge in [-0.1, -0.05) is 56.6 Å². The van der Waals surface area contributed by atoms with Crippen LogP contribution in [0.25, 0.3) is 6.08 Å². The normalized spacial score (nSPS) is 12.0. The van der Waals surface area contributed by atoms with Gasteiger partial charge in [-0.25, -0.2) is 4.98 Å². The number of carbonyl (C=O) groups is 1. The predicted octanol–water partition coefficient (Wildman–Crippen LogP) is 4.27. The van der Waals surface area contributed by atoms with Crippen LogP contribution in [0.4, 0.5) is 0 Å². The average molecular weight is 303 g/mol. The lowest BCUT2D eigenvalue weighted by molar-refractivity contribution is 0.104. The zero-order chi connectivity index (χ0) is 15.6. The quantitative estimate of drug-likeness (QED) is 0.627. The standard InChI is InChI=1S/C17H19ClN2O/c1-17(2,3)13-7-5-12(6-8-13)14(21)9-10-16-19-11-15(18)20(16)4/h5-11H,1-4H3/b10-9+. The molecule has 0 saturated carbocycles. The smallest absolute Gasteiger partial charge is 0.185 e. The van der Waals surface area contributed by atoms with E-state index in [2.05, 4.69) is 25.8 Å². The van der Waals surface area contributed by atoms with Crippen molar-refractivity contribution >= 4 is 23.5 Å². The van der Waals surface area contributed by atoms with E-state index in [1.807, 2.05) is 24.3 Å². The fourth-order valence-electron chi connectivity index (χ4n) is 1.94. The van der Waals surface area contributed by atoms with Gasteiger partial charge in [0.2, 0.25) is 0 Å². The number of nitrogens with zero attached hydrogens (tertiary/aromatic N) is 2. The molecule has 1 heterocycles. The van der Waals surface area contributed by atoms with Crippen molar-refractivity contribution in [2.45, 2.75) is 26.2 Å². The molecule has 0 aliphatic rings. The maximum absolute atomic E-state index is 12.1. The fourth-order valence-corrected chi connectivity index (χ4v) is 2.07. The summed E-state index contributed by atoms with van der Waals surface area (Å²) >= 11 is 5.90. The summed E-state index contributed by atoms with van der Waals surface area (Å²) in [5.41, 5.74) is 1.96. The minimum atomic E-state index is -0.0467. The minimum absolute atomic E-state index is 0.0467. The topological polar surface area (TPSA) is 34.9 Å². The molecular weight excluding hydrogens is 284 g/mol. The number of imidazole rings is 1. The highest BCUT2D eigenvalue weighted by Crippen LogP contribution is 2.22. The molecule has 0 bridgehead atoms. The minimum Gasteiger partial charge on any atom is -0.319 e. The molecule has 0 aliphatic carbocycles. The summed E-state index contributed by atoms with van der Waals surface area (Å²) in [6.07, 6.45) is 4.75. The van der Waals surface area contributed by atoms with Crippen LogP contribution in [0.5, 0.6) is 0 Å². The van der Waals surface area contributed by atoms with Gasteiger partial charge in [-0.15, -0.1) is 0 Å². The van der Waals surface area contributed by atoms with Crippen molar-refractivity contribution in [2.75, 3.05) is 0 Å². The Kier molecular flexibility index (Phi) is 4.33. The van der Waals surface area contributed by atoms with E-state index in [1.54, 1.807) is 23.9 Å². The van der Waals surface area contributed by atoms with Crippen LogP contribution >= 0.6 is 11.6 Å². The van der Waals surface area contributed by atoms with Gasteiger partial charge in [0.1, 0.15) is 11.0 Å². The van der Waals surface area contributed by atoms with E-state index in [9.17, 15) is 4.79 Å². The SMILES string of the molecule is Cn1c(Cl)cnc1/C=C/C(=O)c1ccc(C(C)(C)C)cc1. The van der Waals surface area contributed by atoms with E-state index < -0.39 is 0 Å². The van der Waals surface area contributed by atoms with Crippen LogP contribution in [-0.2, 0) is 12.5 Å². The molecule has 1 aromatic heterocycles. The first-order valence-corrected chi connectivity index (χ1v) is 7.17. The summed E-state index contributed by atoms with van der Waals surface area (Å²) < 4.78 is 1.72. The lowest BCUT2D eigenvalue weighted by Crippen LogP contribution is -2.11. The van der Waals surface area contributed by atoms with Gasteiger partial charge >= 0.3 is 0 Å². The molecule has 1 aromatic carbocycles. The van der Waals surface area contributed by atoms with Crippen molar-refractivity contribution in [1.29, 1.82) is 0 Å². The van der Waals surface area contributed by atoms with Crippen LogP contribution in [0, 0.1) is 0 Å². The highest BCUT2D eigenvalue weighted by atomic mass is 35.5. The number of hydrogen-bond donors (Lipinski definition) is 0. The lowest BCUT2D eigenvalue weighted by atomic mass is 9.86. The number of carbonyl (C=O) groups excluding carboxylic acids is 1. The van der Waals surface area contributed by atoms with Gasteiger partial charge < -0.3 is 4.57 Å². The van der Waals surface area contributed by atoms with Crippen LogP contribution in [0.1, 0.15) is 42.5 Å². The van der Waals surface area contributed by atoms with Gasteiger partial charge in [-0.3, -0.25) is 4.79 Å². The van der Waals surface area contributed by atoms with Crippen molar-refractivity contribution in [3.8, 4) is 0 Å². The second kappa shape index (κ2) is 5.86. The third-order valence-corrected chi connectivity index (χ3v) is 3.74. The maximum atomic E-state index is 12.1. The molecule has 0 spiro atoms. The van der Waals surface area contributed by atoms with Gasteiger partial charge in [0, 0.05) is 12.6 Å². The van der Waals surface area contributed by atoms with E-state index in [0.29, 0.717) is 16.5 Å². The Labute approximate surface area is 130 Å². The summed E-state index contributed by atoms with van der Waals surface area (Å²) in [6.45, 7) is 6.44. The van der Waals surface area contributed by atoms with Crippen molar-refractivity contribution in [3.05, 3.63) is 58.6 Å². The van der Waals surface area contributed by atoms with E-state index in [1.165, 1.54) is 11.6 Å². The highest BCUT2D eigenvalue weighted by Gasteiger charge is 2.13. The monoisotopic (exact) mass is 302 g/mol. The number of allylic oxidation sites excluding steroid dienone is 1. The Morgan fingerprint density at radius 3 is 2.33 bits per heavy atom. The molecule has 0 amide bonds. The Bertz CT molecular complexity index is 676. The molecular formula is C17H19ClN2O. The van der Waals surface area contributed by atoms with Crippen molar-refractivity contribution in [3.63, 3.8) is 0 Å². The molecule has 21 heavy (non-hydrogen) atoms. The molecule has 4 heteroatoms. The first kappa shape index (κ1) is 15.5. The molecule has 110 valence electrons. The zero-order valence-electron chi connectivity index (χ0n) is 12.7. The van der Waals surface area contributed by atoms with Crippen LogP contribution in [0.3, 0.4) is 0 Å². The highest BCUT2D eigenvalue weighted by molar-refractivity contribution is 6.29. The maximum Gasteiger partial charge on any atom is 0.185 e. The van der Waals surface area contributed by atoms with Gasteiger partial charge in [0.15, 0.2) is 5.78 Å². The molecule has 0 unspecified atom stereocenters. The Hall–Kier alpha value is -1.87. The lowest BCUT2D eigenvalue weighted by Gasteiger charge is -2.18. The molecule has 0 N–H and O–H groups in total. The molecule has 0 radical (unpaired) electrons. The second-order valence-corrected chi connectivity index (χ2v) is 6.41. The number of rotatable bonds is 3. The van der Waals surface area contributed by atoms with E-state index in [4.69, 9.17) is 11.6 Å². The summed E-state index contributed by atoms with van der Waals surface area (Å²) in [4.78, 5) is 16.3. The van der Waals surface area contributed by atoms with Gasteiger partial charge in [0.25, 0.3) is 0 Å². The van der Waals surface area contributed by atoms with E-state index in [-0.39, 0.29) is 11.2 Å². The zero-order valence-corrected chi connectivity index (χ0v) is 13.5. The van der Waals surface area contributed by atoms with Crippen molar-refractivity contribution in [2.24, 2.45) is 7.05 Å². The third-order valence-electron chi connectivity index (χ3n) is 3.39. The Morgan fingerprint density at radius 2 is 1.86 bits per heavy atom. The fraction of sp³-hybridized carbons (Fsp3) is 0.294. The van der Waals surface area contributed by atoms with Gasteiger partial charge in [0.05, 0.1) is 6.20 Å². The summed E-state index contributed by atoms with van der Waals surface area (Å²) in [5, 5.41) is 0.539. The Morgan fingerprint density at radius 1 is 1.24 bits per heavy atom. The number of benzene rings is 1. The summed E-state index contributed by atoms with van der Waals surface area (Å²) in [5.74, 6) is 0.606. The van der Waals surface area contributed by atoms with Crippen molar-refractivity contribution in [1.82, 2.24) is 9.55 Å². The van der Waals surface area contributed by atoms with Gasteiger partial charge in [-0.2, -0.15) is 0 Å². The number of halogens is 1. The van der Waals surface area contributed by atoms with Crippen molar-refractivity contribution < 1.29 is 4.79 Å². The van der Waals surface area contributed by atoms with E-state index >= 15 is 0 Å². The third kappa shape index (κ3) is 3.61. The van der Waals surface area contributed by atoms with Crippen LogP contribution in [0.2, 0.25) is 5.15 Å². The number of hydrogen-bond acceptors (Lipinski definition) is 2. The van der Waals surface area contributed by atoms with Crippen LogP contribution in [-0.4, -0.2) is 15.3 Å². The first-order valence-electron chi connectivity index (χ1n) is 6.79. The average Bonchev–Trinajstić information content (AvgIpc) is 2.75. The number of ketones is 1. The molecule has 3 nitrogen and oxygen atoms in total. The summed E-state index contributed by atoms with van der Waals surface area (Å²) in [7, 11) is 1.80. The molecule has 2 rings (SSSR count). The molecule has 0 atom stereocenters. The van der Waals surface area contributed by atoms with Crippen LogP contribution in [0.15, 0.2) is 36.5 Å². The molecule has 0 fully saturated rings. The van der Waals surface area contributed by atoms with Gasteiger partial charge in [-0.05, 0) is 23.1 Å². The largest absolute Gasteiger partial charge is 0.319 e. The molecule has 0 aliphatic heterocycles. The first-order chi connectivity index (χ1) is 9.79. The summed E-state index contributed by atoms with van der Waals surface area (Å²) in [6, 6.07) is 7.72. The molecule has 2 aromatic rings. The second-order valence-electron chi connectivity index (χ2n) is 6.02. The van der Waals surface area contributed by atoms with Crippen LogP contribution < -0.4 is 0 Å². The van der Waals surface area contributed by atoms with E-state index in [0.717, 1.165) is 0 Å².